The fourth-order valence-corrected chi connectivity index (χ4v) is 2.67. The molecule has 1 N–H and O–H groups in total. The minimum absolute atomic E-state index is 0.0132. The van der Waals surface area contributed by atoms with Gasteiger partial charge in [0.15, 0.2) is 23.2 Å². The summed E-state index contributed by atoms with van der Waals surface area (Å²) >= 11 is 0. The zero-order valence-electron chi connectivity index (χ0n) is 15.3. The van der Waals surface area contributed by atoms with Crippen LogP contribution in [-0.2, 0) is 16.1 Å². The Morgan fingerprint density at radius 1 is 1.07 bits per heavy atom. The largest absolute Gasteiger partial charge is 0.466 e. The minimum Gasteiger partial charge on any atom is -0.466 e. The second kappa shape index (κ2) is 9.16. The van der Waals surface area contributed by atoms with E-state index in [0.29, 0.717) is 11.1 Å². The molecule has 0 amide bonds. The number of halogens is 3. The van der Waals surface area contributed by atoms with Gasteiger partial charge >= 0.3 is 5.97 Å². The number of carbonyl (C=O) groups is 3. The van der Waals surface area contributed by atoms with Gasteiger partial charge in [0.2, 0.25) is 0 Å². The van der Waals surface area contributed by atoms with E-state index in [-0.39, 0.29) is 25.0 Å². The molecule has 0 fully saturated rings. The van der Waals surface area contributed by atoms with Gasteiger partial charge in [0.1, 0.15) is 12.2 Å². The van der Waals surface area contributed by atoms with Gasteiger partial charge in [0.05, 0.1) is 17.9 Å². The SMILES string of the molecule is CCOC(=O)CC(=O)c1c(F)cc(F)c(F)c1NCc1ccccc1C(C)=O. The lowest BCUT2D eigenvalue weighted by molar-refractivity contribution is -0.141. The molecular weight excluding hydrogens is 375 g/mol. The van der Waals surface area contributed by atoms with Crippen molar-refractivity contribution >= 4 is 23.2 Å². The van der Waals surface area contributed by atoms with Crippen LogP contribution in [0, 0.1) is 17.5 Å². The monoisotopic (exact) mass is 393 g/mol. The number of hydrogen-bond donors (Lipinski definition) is 1. The molecule has 0 saturated carbocycles. The maximum Gasteiger partial charge on any atom is 0.313 e. The van der Waals surface area contributed by atoms with Crippen LogP contribution in [0.2, 0.25) is 0 Å². The molecule has 0 aliphatic carbocycles. The Hall–Kier alpha value is -3.16. The maximum absolute atomic E-state index is 14.3. The third-order valence-electron chi connectivity index (χ3n) is 3.91. The molecule has 148 valence electrons. The van der Waals surface area contributed by atoms with E-state index in [0.717, 1.165) is 0 Å². The van der Waals surface area contributed by atoms with Crippen molar-refractivity contribution in [3.63, 3.8) is 0 Å². The molecule has 0 aliphatic rings. The lowest BCUT2D eigenvalue weighted by atomic mass is 10.0. The summed E-state index contributed by atoms with van der Waals surface area (Å²) in [5.74, 6) is -6.49. The van der Waals surface area contributed by atoms with E-state index < -0.39 is 46.9 Å². The second-order valence-corrected chi connectivity index (χ2v) is 5.88. The molecule has 2 aromatic carbocycles. The van der Waals surface area contributed by atoms with Crippen LogP contribution in [0.3, 0.4) is 0 Å². The van der Waals surface area contributed by atoms with Crippen LogP contribution in [0.5, 0.6) is 0 Å². The summed E-state index contributed by atoms with van der Waals surface area (Å²) in [4.78, 5) is 35.5. The molecule has 0 atom stereocenters. The Labute approximate surface area is 159 Å². The van der Waals surface area contributed by atoms with Gasteiger partial charge in [-0.2, -0.15) is 0 Å². The summed E-state index contributed by atoms with van der Waals surface area (Å²) in [5, 5.41) is 2.48. The van der Waals surface area contributed by atoms with E-state index in [9.17, 15) is 27.6 Å². The summed E-state index contributed by atoms with van der Waals surface area (Å²) < 4.78 is 46.9. The fourth-order valence-electron chi connectivity index (χ4n) is 2.67. The molecule has 0 unspecified atom stereocenters. The highest BCUT2D eigenvalue weighted by Gasteiger charge is 2.26. The topological polar surface area (TPSA) is 72.5 Å². The van der Waals surface area contributed by atoms with Crippen LogP contribution in [0.1, 0.15) is 46.5 Å². The summed E-state index contributed by atoms with van der Waals surface area (Å²) in [7, 11) is 0. The van der Waals surface area contributed by atoms with Gasteiger partial charge in [-0.1, -0.05) is 24.3 Å². The van der Waals surface area contributed by atoms with E-state index in [2.05, 4.69) is 10.1 Å². The molecule has 2 aromatic rings. The molecule has 5 nitrogen and oxygen atoms in total. The van der Waals surface area contributed by atoms with E-state index in [4.69, 9.17) is 0 Å². The van der Waals surface area contributed by atoms with Crippen molar-refractivity contribution in [3.8, 4) is 0 Å². The molecule has 0 spiro atoms. The van der Waals surface area contributed by atoms with Gasteiger partial charge < -0.3 is 10.1 Å². The zero-order chi connectivity index (χ0) is 20.8. The molecule has 0 bridgehead atoms. The van der Waals surface area contributed by atoms with Crippen LogP contribution in [0.25, 0.3) is 0 Å². The average Bonchev–Trinajstić information content (AvgIpc) is 2.63. The third kappa shape index (κ3) is 4.76. The molecule has 8 heteroatoms. The van der Waals surface area contributed by atoms with Crippen LogP contribution in [-0.4, -0.2) is 24.1 Å². The van der Waals surface area contributed by atoms with E-state index in [1.54, 1.807) is 24.3 Å². The number of ketones is 2. The van der Waals surface area contributed by atoms with E-state index >= 15 is 0 Å². The van der Waals surface area contributed by atoms with E-state index in [1.807, 2.05) is 0 Å². The smallest absolute Gasteiger partial charge is 0.313 e. The standard InChI is InChI=1S/C20H18F3NO4/c1-3-28-17(27)9-16(26)18-14(21)8-15(22)19(23)20(18)24-10-12-6-4-5-7-13(12)11(2)25/h4-8,24H,3,9-10H2,1-2H3. The molecule has 0 aliphatic heterocycles. The first-order valence-corrected chi connectivity index (χ1v) is 8.45. The Morgan fingerprint density at radius 2 is 1.75 bits per heavy atom. The van der Waals surface area contributed by atoms with Crippen molar-refractivity contribution in [2.24, 2.45) is 0 Å². The minimum atomic E-state index is -1.49. The Morgan fingerprint density at radius 3 is 2.39 bits per heavy atom. The predicted octanol–water partition coefficient (Wildman–Crippen LogP) is 4.05. The number of hydrogen-bond acceptors (Lipinski definition) is 5. The van der Waals surface area contributed by atoms with Crippen molar-refractivity contribution in [1.29, 1.82) is 0 Å². The number of ether oxygens (including phenoxy) is 1. The van der Waals surface area contributed by atoms with Crippen LogP contribution >= 0.6 is 0 Å². The number of esters is 1. The Kier molecular flexibility index (Phi) is 6.92. The van der Waals surface area contributed by atoms with Gasteiger partial charge in [-0.3, -0.25) is 14.4 Å². The predicted molar refractivity (Wildman–Crippen MR) is 95.7 cm³/mol. The lowest BCUT2D eigenvalue weighted by Gasteiger charge is -2.15. The molecule has 0 heterocycles. The third-order valence-corrected chi connectivity index (χ3v) is 3.91. The summed E-state index contributed by atoms with van der Waals surface area (Å²) in [6.45, 7) is 2.71. The average molecular weight is 393 g/mol. The number of anilines is 1. The Bertz CT molecular complexity index is 928. The van der Waals surface area contributed by atoms with Gasteiger partial charge in [-0.15, -0.1) is 0 Å². The number of Topliss-reactive ketones (excluding diaryl/α,β-unsaturated/α-hetero) is 2. The quantitative estimate of drug-likeness (QED) is 0.317. The first kappa shape index (κ1) is 21.1. The van der Waals surface area contributed by atoms with E-state index in [1.165, 1.54) is 13.8 Å². The molecule has 0 saturated heterocycles. The first-order valence-electron chi connectivity index (χ1n) is 8.45. The van der Waals surface area contributed by atoms with Gasteiger partial charge in [0.25, 0.3) is 0 Å². The normalized spacial score (nSPS) is 10.5. The van der Waals surface area contributed by atoms with Crippen molar-refractivity contribution in [2.75, 3.05) is 11.9 Å². The second-order valence-electron chi connectivity index (χ2n) is 5.88. The number of rotatable bonds is 8. The fraction of sp³-hybridized carbons (Fsp3) is 0.250. The number of carbonyl (C=O) groups excluding carboxylic acids is 3. The molecule has 2 rings (SSSR count). The van der Waals surface area contributed by atoms with Crippen LogP contribution < -0.4 is 5.32 Å². The number of nitrogens with one attached hydrogen (secondary N) is 1. The summed E-state index contributed by atoms with van der Waals surface area (Å²) in [6.07, 6.45) is -0.825. The lowest BCUT2D eigenvalue weighted by Crippen LogP contribution is -2.17. The highest BCUT2D eigenvalue weighted by molar-refractivity contribution is 6.09. The van der Waals surface area contributed by atoms with Crippen molar-refractivity contribution in [1.82, 2.24) is 0 Å². The Balaban J connectivity index is 2.39. The molecule has 0 aromatic heterocycles. The van der Waals surface area contributed by atoms with Gasteiger partial charge in [-0.05, 0) is 19.4 Å². The van der Waals surface area contributed by atoms with Crippen LogP contribution in [0.4, 0.5) is 18.9 Å². The van der Waals surface area contributed by atoms with Crippen molar-refractivity contribution in [3.05, 3.63) is 64.5 Å². The van der Waals surface area contributed by atoms with Crippen molar-refractivity contribution in [2.45, 2.75) is 26.8 Å². The molecule has 28 heavy (non-hydrogen) atoms. The maximum atomic E-state index is 14.3. The van der Waals surface area contributed by atoms with Gasteiger partial charge in [-0.25, -0.2) is 13.2 Å². The highest BCUT2D eigenvalue weighted by atomic mass is 19.2. The van der Waals surface area contributed by atoms with Crippen LogP contribution in [0.15, 0.2) is 30.3 Å². The van der Waals surface area contributed by atoms with Gasteiger partial charge in [0, 0.05) is 18.2 Å². The zero-order valence-corrected chi connectivity index (χ0v) is 15.3. The molecule has 0 radical (unpaired) electrons. The summed E-state index contributed by atoms with van der Waals surface area (Å²) in [6, 6.07) is 6.64. The summed E-state index contributed by atoms with van der Waals surface area (Å²) in [5.41, 5.74) is -0.716. The highest BCUT2D eigenvalue weighted by Crippen LogP contribution is 2.28. The number of benzene rings is 2. The van der Waals surface area contributed by atoms with Crippen molar-refractivity contribution < 1.29 is 32.3 Å². The molecular formula is C20H18F3NO4. The first-order chi connectivity index (χ1) is 13.3.